The number of hydrogen-bond donors (Lipinski definition) is 1. The Kier molecular flexibility index (Phi) is 3.03. The molecule has 0 saturated carbocycles. The van der Waals surface area contributed by atoms with Crippen molar-refractivity contribution in [2.75, 3.05) is 5.73 Å². The topological polar surface area (TPSA) is 57.0 Å². The lowest BCUT2D eigenvalue weighted by Crippen LogP contribution is -2.11. The summed E-state index contributed by atoms with van der Waals surface area (Å²) in [4.78, 5) is 0. The highest BCUT2D eigenvalue weighted by atomic mass is 79.9. The molecule has 0 aromatic carbocycles. The molecule has 2 rings (SSSR count). The number of aryl methyl sites for hydroxylation is 3. The van der Waals surface area contributed by atoms with E-state index in [9.17, 15) is 0 Å². The van der Waals surface area contributed by atoms with Crippen molar-refractivity contribution in [1.82, 2.24) is 9.78 Å². The highest BCUT2D eigenvalue weighted by Gasteiger charge is 2.19. The Labute approximate surface area is 109 Å². The smallest absolute Gasteiger partial charge is 0.137 e. The normalized spacial score (nSPS) is 13.0. The van der Waals surface area contributed by atoms with Crippen LogP contribution in [0, 0.1) is 20.8 Å². The summed E-state index contributed by atoms with van der Waals surface area (Å²) in [6, 6.07) is 2.10. The van der Waals surface area contributed by atoms with Crippen LogP contribution in [0.4, 0.5) is 5.82 Å². The zero-order valence-corrected chi connectivity index (χ0v) is 12.0. The number of nitrogen functional groups attached to an aromatic ring is 1. The average Bonchev–Trinajstić information content (AvgIpc) is 2.72. The van der Waals surface area contributed by atoms with Crippen LogP contribution in [0.2, 0.25) is 0 Å². The third-order valence-corrected chi connectivity index (χ3v) is 3.92. The van der Waals surface area contributed by atoms with Crippen molar-refractivity contribution in [3.8, 4) is 0 Å². The molecule has 2 aromatic heterocycles. The summed E-state index contributed by atoms with van der Waals surface area (Å²) in [5.74, 6) is 2.47. The minimum atomic E-state index is 0.0671. The molecule has 4 nitrogen and oxygen atoms in total. The number of aromatic nitrogens is 2. The van der Waals surface area contributed by atoms with Gasteiger partial charge in [0.05, 0.1) is 16.2 Å². The predicted molar refractivity (Wildman–Crippen MR) is 71.1 cm³/mol. The summed E-state index contributed by atoms with van der Waals surface area (Å²) in [6.45, 7) is 7.89. The molecule has 5 heteroatoms. The second-order valence-electron chi connectivity index (χ2n) is 4.27. The Morgan fingerprint density at radius 3 is 2.47 bits per heavy atom. The lowest BCUT2D eigenvalue weighted by molar-refractivity contribution is 0.488. The molecule has 0 spiro atoms. The molecule has 0 fully saturated rings. The van der Waals surface area contributed by atoms with Gasteiger partial charge in [-0.1, -0.05) is 0 Å². The molecule has 0 aliphatic heterocycles. The molecule has 0 aliphatic rings. The fourth-order valence-corrected chi connectivity index (χ4v) is 2.30. The molecule has 2 N–H and O–H groups in total. The van der Waals surface area contributed by atoms with E-state index in [1.807, 2.05) is 31.5 Å². The third kappa shape index (κ3) is 1.99. The zero-order valence-electron chi connectivity index (χ0n) is 10.4. The number of furan rings is 1. The van der Waals surface area contributed by atoms with E-state index in [4.69, 9.17) is 10.2 Å². The van der Waals surface area contributed by atoms with Gasteiger partial charge < -0.3 is 10.2 Å². The maximum Gasteiger partial charge on any atom is 0.137 e. The van der Waals surface area contributed by atoms with Crippen LogP contribution in [-0.4, -0.2) is 9.78 Å². The highest BCUT2D eigenvalue weighted by Crippen LogP contribution is 2.30. The van der Waals surface area contributed by atoms with Crippen LogP contribution in [-0.2, 0) is 0 Å². The number of anilines is 1. The first-order chi connectivity index (χ1) is 7.91. The van der Waals surface area contributed by atoms with Gasteiger partial charge in [0.2, 0.25) is 0 Å². The largest absolute Gasteiger partial charge is 0.466 e. The molecule has 2 heterocycles. The standard InChI is InChI=1S/C12H16BrN3O/c1-6-5-10(9(4)17-6)8(3)16-12(14)11(13)7(2)15-16/h5,8H,14H2,1-4H3. The van der Waals surface area contributed by atoms with Crippen LogP contribution < -0.4 is 5.73 Å². The molecule has 17 heavy (non-hydrogen) atoms. The van der Waals surface area contributed by atoms with Gasteiger partial charge in [-0.2, -0.15) is 5.10 Å². The number of nitrogens with two attached hydrogens (primary N) is 1. The molecule has 2 aromatic rings. The van der Waals surface area contributed by atoms with Gasteiger partial charge in [-0.3, -0.25) is 0 Å². The van der Waals surface area contributed by atoms with Crippen LogP contribution in [0.15, 0.2) is 15.0 Å². The van der Waals surface area contributed by atoms with E-state index in [0.717, 1.165) is 27.3 Å². The fourth-order valence-electron chi connectivity index (χ4n) is 2.04. The molecule has 0 aliphatic carbocycles. The van der Waals surface area contributed by atoms with Gasteiger partial charge in [-0.05, 0) is 49.7 Å². The van der Waals surface area contributed by atoms with E-state index in [0.29, 0.717) is 5.82 Å². The van der Waals surface area contributed by atoms with Gasteiger partial charge in [0.1, 0.15) is 17.3 Å². The molecule has 0 saturated heterocycles. The van der Waals surface area contributed by atoms with E-state index in [1.54, 1.807) is 0 Å². The van der Waals surface area contributed by atoms with Gasteiger partial charge in [-0.15, -0.1) is 0 Å². The minimum absolute atomic E-state index is 0.0671. The number of halogens is 1. The number of nitrogens with zero attached hydrogens (tertiary/aromatic N) is 2. The highest BCUT2D eigenvalue weighted by molar-refractivity contribution is 9.10. The SMILES string of the molecule is Cc1cc(C(C)n2nc(C)c(Br)c2N)c(C)o1. The first-order valence-corrected chi connectivity index (χ1v) is 6.28. The van der Waals surface area contributed by atoms with Crippen molar-refractivity contribution < 1.29 is 4.42 Å². The summed E-state index contributed by atoms with van der Waals surface area (Å²) >= 11 is 3.43. The molecular formula is C12H16BrN3O. The summed E-state index contributed by atoms with van der Waals surface area (Å²) in [7, 11) is 0. The monoisotopic (exact) mass is 297 g/mol. The summed E-state index contributed by atoms with van der Waals surface area (Å²) < 4.78 is 8.22. The van der Waals surface area contributed by atoms with Crippen LogP contribution in [0.3, 0.4) is 0 Å². The second kappa shape index (κ2) is 4.22. The van der Waals surface area contributed by atoms with Crippen LogP contribution in [0.1, 0.15) is 35.7 Å². The third-order valence-electron chi connectivity index (χ3n) is 2.94. The Morgan fingerprint density at radius 2 is 2.06 bits per heavy atom. The van der Waals surface area contributed by atoms with Crippen molar-refractivity contribution >= 4 is 21.7 Å². The van der Waals surface area contributed by atoms with E-state index < -0.39 is 0 Å². The van der Waals surface area contributed by atoms with Gasteiger partial charge in [0.25, 0.3) is 0 Å². The van der Waals surface area contributed by atoms with Crippen molar-refractivity contribution in [3.05, 3.63) is 33.3 Å². The van der Waals surface area contributed by atoms with E-state index >= 15 is 0 Å². The summed E-state index contributed by atoms with van der Waals surface area (Å²) in [5.41, 5.74) is 8.03. The second-order valence-corrected chi connectivity index (χ2v) is 5.07. The Morgan fingerprint density at radius 1 is 1.41 bits per heavy atom. The average molecular weight is 298 g/mol. The number of rotatable bonds is 2. The van der Waals surface area contributed by atoms with Crippen molar-refractivity contribution in [1.29, 1.82) is 0 Å². The van der Waals surface area contributed by atoms with Gasteiger partial charge in [0, 0.05) is 5.56 Å². The van der Waals surface area contributed by atoms with Gasteiger partial charge in [0.15, 0.2) is 0 Å². The predicted octanol–water partition coefficient (Wildman–Crippen LogP) is 3.36. The van der Waals surface area contributed by atoms with Gasteiger partial charge in [-0.25, -0.2) is 4.68 Å². The van der Waals surface area contributed by atoms with E-state index in [2.05, 4.69) is 28.0 Å². The molecule has 1 atom stereocenters. The molecule has 1 unspecified atom stereocenters. The fraction of sp³-hybridized carbons (Fsp3) is 0.417. The van der Waals surface area contributed by atoms with E-state index in [1.165, 1.54) is 0 Å². The Bertz CT molecular complexity index is 556. The molecular weight excluding hydrogens is 282 g/mol. The summed E-state index contributed by atoms with van der Waals surface area (Å²) in [6.07, 6.45) is 0. The Balaban J connectivity index is 2.47. The van der Waals surface area contributed by atoms with Gasteiger partial charge >= 0.3 is 0 Å². The quantitative estimate of drug-likeness (QED) is 0.925. The van der Waals surface area contributed by atoms with Crippen LogP contribution in [0.25, 0.3) is 0 Å². The zero-order chi connectivity index (χ0) is 12.7. The van der Waals surface area contributed by atoms with Crippen LogP contribution >= 0.6 is 15.9 Å². The number of hydrogen-bond acceptors (Lipinski definition) is 3. The molecule has 0 radical (unpaired) electrons. The Hall–Kier alpha value is -1.23. The molecule has 0 bridgehead atoms. The van der Waals surface area contributed by atoms with Crippen molar-refractivity contribution in [2.45, 2.75) is 33.7 Å². The van der Waals surface area contributed by atoms with Crippen molar-refractivity contribution in [3.63, 3.8) is 0 Å². The molecule has 0 amide bonds. The lowest BCUT2D eigenvalue weighted by atomic mass is 10.1. The minimum Gasteiger partial charge on any atom is -0.466 e. The maximum atomic E-state index is 6.02. The maximum absolute atomic E-state index is 6.02. The summed E-state index contributed by atoms with van der Waals surface area (Å²) in [5, 5.41) is 4.44. The van der Waals surface area contributed by atoms with Crippen LogP contribution in [0.5, 0.6) is 0 Å². The first-order valence-electron chi connectivity index (χ1n) is 5.48. The van der Waals surface area contributed by atoms with E-state index in [-0.39, 0.29) is 6.04 Å². The molecule has 92 valence electrons. The first kappa shape index (κ1) is 12.2. The van der Waals surface area contributed by atoms with Crippen molar-refractivity contribution in [2.24, 2.45) is 0 Å². The lowest BCUT2D eigenvalue weighted by Gasteiger charge is -2.13.